The predicted molar refractivity (Wildman–Crippen MR) is 75.3 cm³/mol. The number of benzene rings is 2. The van der Waals surface area contributed by atoms with Crippen molar-refractivity contribution >= 4 is 39.0 Å². The standard InChI is InChI=1S/C7H5NS.C6H5Br/c9-6-8-7-4-2-1-3-5-7;7-6-4-2-1-3-5-6/h1-5H;1-5H. The lowest BCUT2D eigenvalue weighted by molar-refractivity contribution is 1.55. The van der Waals surface area contributed by atoms with Crippen LogP contribution in [0.25, 0.3) is 0 Å². The van der Waals surface area contributed by atoms with Crippen LogP contribution in [0.4, 0.5) is 5.69 Å². The summed E-state index contributed by atoms with van der Waals surface area (Å²) in [5.41, 5.74) is 0.854. The van der Waals surface area contributed by atoms with Gasteiger partial charge in [0.2, 0.25) is 0 Å². The van der Waals surface area contributed by atoms with Crippen LogP contribution in [0.1, 0.15) is 0 Å². The van der Waals surface area contributed by atoms with E-state index in [4.69, 9.17) is 0 Å². The minimum Gasteiger partial charge on any atom is -0.195 e. The zero-order valence-corrected chi connectivity index (χ0v) is 10.9. The van der Waals surface area contributed by atoms with Gasteiger partial charge in [-0.2, -0.15) is 4.99 Å². The maximum absolute atomic E-state index is 4.42. The van der Waals surface area contributed by atoms with Crippen molar-refractivity contribution in [2.45, 2.75) is 0 Å². The molecule has 0 spiro atoms. The number of rotatable bonds is 1. The van der Waals surface area contributed by atoms with Crippen molar-refractivity contribution in [1.29, 1.82) is 0 Å². The van der Waals surface area contributed by atoms with Gasteiger partial charge in [0.1, 0.15) is 0 Å². The topological polar surface area (TPSA) is 12.4 Å². The molecule has 0 atom stereocenters. The fourth-order valence-electron chi connectivity index (χ4n) is 0.970. The molecule has 2 aromatic carbocycles. The minimum atomic E-state index is 0.854. The highest BCUT2D eigenvalue weighted by Gasteiger charge is 1.79. The molecule has 0 saturated heterocycles. The third kappa shape index (κ3) is 5.56. The zero-order valence-electron chi connectivity index (χ0n) is 8.51. The fourth-order valence-corrected chi connectivity index (χ4v) is 1.38. The Balaban J connectivity index is 0.000000165. The smallest absolute Gasteiger partial charge is 0.0739 e. The van der Waals surface area contributed by atoms with Crippen LogP contribution < -0.4 is 0 Å². The monoisotopic (exact) mass is 291 g/mol. The molecule has 1 nitrogen and oxygen atoms in total. The average molecular weight is 292 g/mol. The van der Waals surface area contributed by atoms with Gasteiger partial charge in [-0.05, 0) is 36.5 Å². The summed E-state index contributed by atoms with van der Waals surface area (Å²) in [5, 5.41) is 2.29. The van der Waals surface area contributed by atoms with Gasteiger partial charge in [0, 0.05) is 4.47 Å². The lowest BCUT2D eigenvalue weighted by atomic mass is 10.3. The third-order valence-corrected chi connectivity index (χ3v) is 2.28. The summed E-state index contributed by atoms with van der Waals surface area (Å²) in [6.07, 6.45) is 0. The molecule has 0 radical (unpaired) electrons. The largest absolute Gasteiger partial charge is 0.195 e. The van der Waals surface area contributed by atoms with Gasteiger partial charge < -0.3 is 0 Å². The van der Waals surface area contributed by atoms with Crippen LogP contribution in [0.3, 0.4) is 0 Å². The van der Waals surface area contributed by atoms with Crippen LogP contribution in [-0.4, -0.2) is 5.16 Å². The van der Waals surface area contributed by atoms with E-state index >= 15 is 0 Å². The molecule has 0 unspecified atom stereocenters. The quantitative estimate of drug-likeness (QED) is 0.539. The van der Waals surface area contributed by atoms with Crippen LogP contribution in [-0.2, 0) is 0 Å². The molecule has 0 heterocycles. The van der Waals surface area contributed by atoms with Gasteiger partial charge >= 0.3 is 0 Å². The molecule has 0 aliphatic rings. The lowest BCUT2D eigenvalue weighted by Crippen LogP contribution is -1.58. The molecule has 0 fully saturated rings. The SMILES string of the molecule is Brc1ccccc1.S=C=Nc1ccccc1. The van der Waals surface area contributed by atoms with E-state index in [-0.39, 0.29) is 0 Å². The second-order valence-corrected chi connectivity index (χ2v) is 3.93. The predicted octanol–water partition coefficient (Wildman–Crippen LogP) is 4.87. The van der Waals surface area contributed by atoms with Crippen molar-refractivity contribution in [2.75, 3.05) is 0 Å². The van der Waals surface area contributed by atoms with E-state index in [9.17, 15) is 0 Å². The molecule has 80 valence electrons. The van der Waals surface area contributed by atoms with Crippen molar-refractivity contribution in [3.63, 3.8) is 0 Å². The van der Waals surface area contributed by atoms with Gasteiger partial charge in [-0.25, -0.2) is 0 Å². The van der Waals surface area contributed by atoms with Gasteiger partial charge in [0.05, 0.1) is 10.8 Å². The molecular formula is C13H10BrNS. The molecule has 0 N–H and O–H groups in total. The third-order valence-electron chi connectivity index (χ3n) is 1.66. The number of hydrogen-bond donors (Lipinski definition) is 0. The summed E-state index contributed by atoms with van der Waals surface area (Å²) in [6, 6.07) is 19.5. The van der Waals surface area contributed by atoms with Crippen LogP contribution in [0, 0.1) is 0 Å². The summed E-state index contributed by atoms with van der Waals surface area (Å²) in [5.74, 6) is 0. The highest BCUT2D eigenvalue weighted by molar-refractivity contribution is 9.10. The Hall–Kier alpha value is -1.28. The van der Waals surface area contributed by atoms with Crippen LogP contribution in [0.5, 0.6) is 0 Å². The highest BCUT2D eigenvalue weighted by atomic mass is 79.9. The molecule has 0 saturated carbocycles. The number of nitrogens with zero attached hydrogens (tertiary/aromatic N) is 1. The molecule has 0 amide bonds. The van der Waals surface area contributed by atoms with Crippen LogP contribution in [0.15, 0.2) is 70.1 Å². The van der Waals surface area contributed by atoms with E-state index in [1.165, 1.54) is 0 Å². The summed E-state index contributed by atoms with van der Waals surface area (Å²) >= 11 is 7.73. The highest BCUT2D eigenvalue weighted by Crippen LogP contribution is 2.07. The van der Waals surface area contributed by atoms with Gasteiger partial charge in [-0.1, -0.05) is 52.3 Å². The molecule has 0 aliphatic heterocycles. The first-order valence-electron chi connectivity index (χ1n) is 4.66. The summed E-state index contributed by atoms with van der Waals surface area (Å²) in [4.78, 5) is 3.77. The Labute approximate surface area is 109 Å². The molecular weight excluding hydrogens is 282 g/mol. The van der Waals surface area contributed by atoms with E-state index in [1.807, 2.05) is 60.7 Å². The molecule has 2 aromatic rings. The minimum absolute atomic E-state index is 0.854. The first-order valence-corrected chi connectivity index (χ1v) is 5.86. The Morgan fingerprint density at radius 3 is 1.75 bits per heavy atom. The second kappa shape index (κ2) is 7.94. The maximum atomic E-state index is 4.42. The van der Waals surface area contributed by atoms with Gasteiger partial charge in [-0.15, -0.1) is 0 Å². The number of aliphatic imine (C=N–C) groups is 1. The van der Waals surface area contributed by atoms with E-state index in [0.29, 0.717) is 0 Å². The Morgan fingerprint density at radius 1 is 0.875 bits per heavy atom. The molecule has 0 aliphatic carbocycles. The summed E-state index contributed by atoms with van der Waals surface area (Å²) in [7, 11) is 0. The first-order chi connectivity index (χ1) is 7.83. The molecule has 2 rings (SSSR count). The van der Waals surface area contributed by atoms with E-state index in [2.05, 4.69) is 38.3 Å². The zero-order chi connectivity index (χ0) is 11.6. The molecule has 0 bridgehead atoms. The van der Waals surface area contributed by atoms with Gasteiger partial charge in [0.25, 0.3) is 0 Å². The van der Waals surface area contributed by atoms with Gasteiger partial charge in [-0.3, -0.25) is 0 Å². The van der Waals surface area contributed by atoms with Crippen molar-refractivity contribution in [1.82, 2.24) is 0 Å². The van der Waals surface area contributed by atoms with Crippen molar-refractivity contribution in [3.05, 3.63) is 65.1 Å². The average Bonchev–Trinajstić information content (AvgIpc) is 2.33. The van der Waals surface area contributed by atoms with Crippen LogP contribution >= 0.6 is 28.1 Å². The van der Waals surface area contributed by atoms with Crippen LogP contribution in [0.2, 0.25) is 0 Å². The fraction of sp³-hybridized carbons (Fsp3) is 0. The second-order valence-electron chi connectivity index (χ2n) is 2.83. The molecule has 16 heavy (non-hydrogen) atoms. The number of hydrogen-bond acceptors (Lipinski definition) is 2. The maximum Gasteiger partial charge on any atom is 0.0739 e. The lowest BCUT2D eigenvalue weighted by Gasteiger charge is -1.83. The Morgan fingerprint density at radius 2 is 1.38 bits per heavy atom. The number of halogens is 1. The van der Waals surface area contributed by atoms with Crippen molar-refractivity contribution in [2.24, 2.45) is 4.99 Å². The van der Waals surface area contributed by atoms with Crippen molar-refractivity contribution in [3.8, 4) is 0 Å². The first kappa shape index (κ1) is 12.8. The summed E-state index contributed by atoms with van der Waals surface area (Å²) < 4.78 is 1.13. The molecule has 0 aromatic heterocycles. The van der Waals surface area contributed by atoms with E-state index in [1.54, 1.807) is 0 Å². The number of isothiocyanates is 1. The van der Waals surface area contributed by atoms with E-state index < -0.39 is 0 Å². The van der Waals surface area contributed by atoms with Crippen molar-refractivity contribution < 1.29 is 0 Å². The van der Waals surface area contributed by atoms with E-state index in [0.717, 1.165) is 10.2 Å². The summed E-state index contributed by atoms with van der Waals surface area (Å²) in [6.45, 7) is 0. The Kier molecular flexibility index (Phi) is 6.35. The Bertz CT molecular complexity index is 450. The normalized spacial score (nSPS) is 8.31. The van der Waals surface area contributed by atoms with Gasteiger partial charge in [0.15, 0.2) is 0 Å². The number of thiocarbonyl (C=S) groups is 1. The molecule has 3 heteroatoms. The number of para-hydroxylation sites is 1.